The Balaban J connectivity index is 2.83. The van der Waals surface area contributed by atoms with Crippen molar-refractivity contribution >= 4 is 19.2 Å². The number of carbonyl (C=O) groups is 1. The molecule has 0 saturated carbocycles. The van der Waals surface area contributed by atoms with Crippen molar-refractivity contribution in [2.24, 2.45) is 0 Å². The molecule has 0 aliphatic heterocycles. The fraction of sp³-hybridized carbons (Fsp3) is 0.500. The predicted molar refractivity (Wildman–Crippen MR) is 77.0 cm³/mol. The molecule has 1 aromatic carbocycles. The van der Waals surface area contributed by atoms with Crippen molar-refractivity contribution in [2.45, 2.75) is 38.8 Å². The van der Waals surface area contributed by atoms with Crippen LogP contribution in [0.15, 0.2) is 24.3 Å². The van der Waals surface area contributed by atoms with Crippen LogP contribution in [0.2, 0.25) is 19.6 Å². The summed E-state index contributed by atoms with van der Waals surface area (Å²) in [5.74, 6) is -0.802. The molecule has 0 heterocycles. The van der Waals surface area contributed by atoms with Crippen LogP contribution in [-0.4, -0.2) is 37.0 Å². The lowest BCUT2D eigenvalue weighted by atomic mass is 10.0. The number of aliphatic hydroxyl groups is 2. The molecule has 0 aliphatic carbocycles. The first kappa shape index (κ1) is 15.9. The summed E-state index contributed by atoms with van der Waals surface area (Å²) in [6, 6.07) is 7.40. The second-order valence-electron chi connectivity index (χ2n) is 5.51. The van der Waals surface area contributed by atoms with Crippen LogP contribution in [0.3, 0.4) is 0 Å². The number of benzene rings is 1. The van der Waals surface area contributed by atoms with Gasteiger partial charge in [-0.3, -0.25) is 0 Å². The molecule has 0 fully saturated rings. The van der Waals surface area contributed by atoms with E-state index >= 15 is 0 Å². The molecule has 0 bridgehead atoms. The molecule has 4 nitrogen and oxygen atoms in total. The molecular formula is C14H22O4Si. The van der Waals surface area contributed by atoms with E-state index in [0.717, 1.165) is 0 Å². The number of carbonyl (C=O) groups excluding carboxylic acids is 1. The maximum absolute atomic E-state index is 11.4. The van der Waals surface area contributed by atoms with Crippen molar-refractivity contribution in [3.05, 3.63) is 29.8 Å². The van der Waals surface area contributed by atoms with E-state index in [-0.39, 0.29) is 6.61 Å². The molecule has 1 rings (SSSR count). The molecule has 2 atom stereocenters. The normalized spacial score (nSPS) is 14.8. The Morgan fingerprint density at radius 1 is 1.21 bits per heavy atom. The Bertz CT molecular complexity index is 422. The third-order valence-corrected chi connectivity index (χ3v) is 5.01. The molecule has 0 radical (unpaired) electrons. The van der Waals surface area contributed by atoms with Crippen molar-refractivity contribution in [3.63, 3.8) is 0 Å². The molecule has 2 unspecified atom stereocenters. The highest BCUT2D eigenvalue weighted by Crippen LogP contribution is 2.17. The highest BCUT2D eigenvalue weighted by Gasteiger charge is 2.27. The molecule has 5 heteroatoms. The molecule has 106 valence electrons. The minimum atomic E-state index is -1.54. The lowest BCUT2D eigenvalue weighted by Gasteiger charge is -2.20. The van der Waals surface area contributed by atoms with Crippen LogP contribution in [0, 0.1) is 0 Å². The van der Waals surface area contributed by atoms with Crippen LogP contribution in [0.1, 0.15) is 18.6 Å². The summed E-state index contributed by atoms with van der Waals surface area (Å²) in [7, 11) is -1.39. The van der Waals surface area contributed by atoms with Gasteiger partial charge in [0.2, 0.25) is 0 Å². The van der Waals surface area contributed by atoms with Crippen molar-refractivity contribution in [1.29, 1.82) is 0 Å². The van der Waals surface area contributed by atoms with Crippen LogP contribution in [0.25, 0.3) is 0 Å². The zero-order chi connectivity index (χ0) is 14.6. The van der Waals surface area contributed by atoms with Crippen LogP contribution in [0.5, 0.6) is 0 Å². The van der Waals surface area contributed by atoms with E-state index in [1.165, 1.54) is 5.19 Å². The minimum absolute atomic E-state index is 0.178. The van der Waals surface area contributed by atoms with Gasteiger partial charge in [-0.05, 0) is 12.5 Å². The second kappa shape index (κ2) is 6.32. The monoisotopic (exact) mass is 282 g/mol. The Morgan fingerprint density at radius 3 is 2.16 bits per heavy atom. The first-order valence-corrected chi connectivity index (χ1v) is 9.90. The van der Waals surface area contributed by atoms with Gasteiger partial charge in [0, 0.05) is 0 Å². The highest BCUT2D eigenvalue weighted by atomic mass is 28.3. The quantitative estimate of drug-likeness (QED) is 0.629. The van der Waals surface area contributed by atoms with Crippen LogP contribution in [-0.2, 0) is 9.53 Å². The molecule has 2 N–H and O–H groups in total. The van der Waals surface area contributed by atoms with Gasteiger partial charge in [-0.15, -0.1) is 0 Å². The predicted octanol–water partition coefficient (Wildman–Crippen LogP) is 1.19. The molecule has 0 aromatic heterocycles. The van der Waals surface area contributed by atoms with Crippen LogP contribution >= 0.6 is 0 Å². The zero-order valence-electron chi connectivity index (χ0n) is 11.9. The minimum Gasteiger partial charge on any atom is -0.464 e. The Labute approximate surface area is 115 Å². The third kappa shape index (κ3) is 4.16. The number of hydrogen-bond acceptors (Lipinski definition) is 4. The van der Waals surface area contributed by atoms with E-state index in [2.05, 4.69) is 24.4 Å². The number of esters is 1. The van der Waals surface area contributed by atoms with E-state index in [1.54, 1.807) is 19.1 Å². The van der Waals surface area contributed by atoms with Crippen LogP contribution < -0.4 is 5.19 Å². The van der Waals surface area contributed by atoms with Gasteiger partial charge in [-0.1, -0.05) is 49.1 Å². The Morgan fingerprint density at radius 2 is 1.74 bits per heavy atom. The summed E-state index contributed by atoms with van der Waals surface area (Å²) in [5, 5.41) is 20.9. The number of aliphatic hydroxyl groups excluding tert-OH is 2. The molecule has 0 spiro atoms. The smallest absolute Gasteiger partial charge is 0.338 e. The maximum atomic E-state index is 11.4. The molecule has 19 heavy (non-hydrogen) atoms. The van der Waals surface area contributed by atoms with Gasteiger partial charge in [-0.2, -0.15) is 0 Å². The van der Waals surface area contributed by atoms with Gasteiger partial charge in [0.25, 0.3) is 0 Å². The molecule has 0 saturated heterocycles. The van der Waals surface area contributed by atoms with Crippen molar-refractivity contribution in [3.8, 4) is 0 Å². The average molecular weight is 282 g/mol. The molecule has 0 amide bonds. The van der Waals surface area contributed by atoms with Crippen molar-refractivity contribution in [1.82, 2.24) is 0 Å². The van der Waals surface area contributed by atoms with Gasteiger partial charge in [0.1, 0.15) is 6.10 Å². The van der Waals surface area contributed by atoms with Crippen molar-refractivity contribution in [2.75, 3.05) is 6.61 Å². The topological polar surface area (TPSA) is 66.8 Å². The van der Waals surface area contributed by atoms with Gasteiger partial charge in [0.15, 0.2) is 6.10 Å². The van der Waals surface area contributed by atoms with Gasteiger partial charge >= 0.3 is 5.97 Å². The molecular weight excluding hydrogens is 260 g/mol. The maximum Gasteiger partial charge on any atom is 0.338 e. The van der Waals surface area contributed by atoms with Gasteiger partial charge in [-0.25, -0.2) is 4.79 Å². The van der Waals surface area contributed by atoms with E-state index in [1.807, 2.05) is 12.1 Å². The largest absolute Gasteiger partial charge is 0.464 e. The standard InChI is InChI=1S/C14H22O4Si/c1-5-18-14(17)13(16)12(15)10-6-8-11(9-7-10)19(2,3)4/h6-9,12-13,15-16H,5H2,1-4H3. The van der Waals surface area contributed by atoms with E-state index in [4.69, 9.17) is 0 Å². The zero-order valence-corrected chi connectivity index (χ0v) is 12.9. The number of ether oxygens (including phenoxy) is 1. The highest BCUT2D eigenvalue weighted by molar-refractivity contribution is 6.88. The first-order chi connectivity index (χ1) is 8.77. The fourth-order valence-electron chi connectivity index (χ4n) is 1.72. The van der Waals surface area contributed by atoms with Crippen molar-refractivity contribution < 1.29 is 19.7 Å². The lowest BCUT2D eigenvalue weighted by Crippen LogP contribution is -2.37. The van der Waals surface area contributed by atoms with E-state index in [9.17, 15) is 15.0 Å². The number of rotatable bonds is 5. The lowest BCUT2D eigenvalue weighted by molar-refractivity contribution is -0.159. The summed E-state index contributed by atoms with van der Waals surface area (Å²) >= 11 is 0. The second-order valence-corrected chi connectivity index (χ2v) is 10.6. The Kier molecular flexibility index (Phi) is 5.28. The summed E-state index contributed by atoms with van der Waals surface area (Å²) < 4.78 is 4.68. The third-order valence-electron chi connectivity index (χ3n) is 2.95. The van der Waals surface area contributed by atoms with Gasteiger partial charge in [0.05, 0.1) is 14.7 Å². The fourth-order valence-corrected chi connectivity index (χ4v) is 2.89. The summed E-state index contributed by atoms with van der Waals surface area (Å²) in [5.41, 5.74) is 0.516. The van der Waals surface area contributed by atoms with E-state index in [0.29, 0.717) is 5.56 Å². The van der Waals surface area contributed by atoms with Crippen LogP contribution in [0.4, 0.5) is 0 Å². The molecule has 1 aromatic rings. The van der Waals surface area contributed by atoms with Gasteiger partial charge < -0.3 is 14.9 Å². The average Bonchev–Trinajstić information content (AvgIpc) is 2.36. The summed E-state index contributed by atoms with van der Waals surface area (Å²) in [4.78, 5) is 11.4. The SMILES string of the molecule is CCOC(=O)C(O)C(O)c1ccc([Si](C)(C)C)cc1. The Hall–Kier alpha value is -1.17. The first-order valence-electron chi connectivity index (χ1n) is 6.40. The molecule has 0 aliphatic rings. The summed E-state index contributed by atoms with van der Waals surface area (Å²) in [6.45, 7) is 8.51. The van der Waals surface area contributed by atoms with E-state index < -0.39 is 26.3 Å². The summed E-state index contributed by atoms with van der Waals surface area (Å²) in [6.07, 6.45) is -2.80. The number of hydrogen-bond donors (Lipinski definition) is 2.